The van der Waals surface area contributed by atoms with Crippen molar-refractivity contribution in [3.8, 4) is 0 Å². The molecule has 0 aliphatic heterocycles. The quantitative estimate of drug-likeness (QED) is 0.622. The average Bonchev–Trinajstić information content (AvgIpc) is 2.82. The maximum absolute atomic E-state index is 2.28. The zero-order valence-corrected chi connectivity index (χ0v) is 12.9. The molecule has 0 heterocycles. The predicted octanol–water partition coefficient (Wildman–Crippen LogP) is 3.37. The molecule has 0 nitrogen and oxygen atoms in total. The van der Waals surface area contributed by atoms with Gasteiger partial charge in [-0.1, -0.05) is 12.2 Å². The van der Waals surface area contributed by atoms with Crippen LogP contribution in [0.1, 0.15) is 39.8 Å². The van der Waals surface area contributed by atoms with Gasteiger partial charge in [-0.15, -0.1) is 0 Å². The molecule has 2 aliphatic rings. The Morgan fingerprint density at radius 3 is 2.20 bits per heavy atom. The third-order valence-electron chi connectivity index (χ3n) is 3.75. The Morgan fingerprint density at radius 2 is 1.53 bits per heavy atom. The molecule has 0 saturated heterocycles. The number of allylic oxidation sites excluding steroid dienone is 1. The molecule has 0 N–H and O–H groups in total. The van der Waals surface area contributed by atoms with Gasteiger partial charge in [0.05, 0.1) is 0 Å². The normalized spacial score (nSPS) is 16.1. The SMILES string of the molecule is Cc1c2c(c(C)c3c1CCC3)C=C[CH]2.[Hf]. The Balaban J connectivity index is 0.000000853. The summed E-state index contributed by atoms with van der Waals surface area (Å²) in [6.45, 7) is 4.57. The van der Waals surface area contributed by atoms with E-state index >= 15 is 0 Å². The molecule has 0 aromatic heterocycles. The first-order chi connectivity index (χ1) is 6.79. The van der Waals surface area contributed by atoms with Crippen LogP contribution in [0.25, 0.3) is 6.08 Å². The van der Waals surface area contributed by atoms with E-state index in [9.17, 15) is 0 Å². The van der Waals surface area contributed by atoms with Crippen LogP contribution in [0.3, 0.4) is 0 Å². The van der Waals surface area contributed by atoms with Crippen molar-refractivity contribution >= 4 is 6.08 Å². The van der Waals surface area contributed by atoms with Gasteiger partial charge in [-0.05, 0) is 66.5 Å². The van der Waals surface area contributed by atoms with Gasteiger partial charge in [-0.3, -0.25) is 0 Å². The van der Waals surface area contributed by atoms with Crippen molar-refractivity contribution in [3.63, 3.8) is 0 Å². The molecule has 75 valence electrons. The summed E-state index contributed by atoms with van der Waals surface area (Å²) < 4.78 is 0. The van der Waals surface area contributed by atoms with E-state index in [-0.39, 0.29) is 25.8 Å². The van der Waals surface area contributed by atoms with Gasteiger partial charge in [0, 0.05) is 32.3 Å². The van der Waals surface area contributed by atoms with Crippen molar-refractivity contribution in [3.05, 3.63) is 45.9 Å². The summed E-state index contributed by atoms with van der Waals surface area (Å²) in [5, 5.41) is 0. The third kappa shape index (κ3) is 1.51. The number of benzene rings is 1. The average molecular weight is 362 g/mol. The van der Waals surface area contributed by atoms with Crippen molar-refractivity contribution in [2.75, 3.05) is 0 Å². The Morgan fingerprint density at radius 1 is 0.933 bits per heavy atom. The van der Waals surface area contributed by atoms with Crippen molar-refractivity contribution in [2.45, 2.75) is 33.1 Å². The smallest absolute Gasteiger partial charge is 0.0134 e. The van der Waals surface area contributed by atoms with Gasteiger partial charge >= 0.3 is 0 Å². The topological polar surface area (TPSA) is 0 Å². The van der Waals surface area contributed by atoms with E-state index in [1.165, 1.54) is 41.5 Å². The molecule has 0 unspecified atom stereocenters. The Bertz CT molecular complexity index is 438. The second kappa shape index (κ2) is 4.01. The first-order valence-corrected chi connectivity index (χ1v) is 5.45. The first kappa shape index (κ1) is 11.3. The van der Waals surface area contributed by atoms with Crippen LogP contribution in [0, 0.1) is 20.3 Å². The summed E-state index contributed by atoms with van der Waals surface area (Å²) in [6, 6.07) is 0. The Hall–Kier alpha value is -0.170. The molecule has 0 saturated carbocycles. The Kier molecular flexibility index (Phi) is 3.03. The minimum Gasteiger partial charge on any atom is -0.0754 e. The summed E-state index contributed by atoms with van der Waals surface area (Å²) in [5.41, 5.74) is 9.29. The molecule has 0 atom stereocenters. The molecule has 2 aliphatic carbocycles. The number of hydrogen-bond acceptors (Lipinski definition) is 0. The molecule has 1 heteroatoms. The summed E-state index contributed by atoms with van der Waals surface area (Å²) in [6.07, 6.45) is 10.6. The van der Waals surface area contributed by atoms with Crippen LogP contribution in [0.2, 0.25) is 0 Å². The van der Waals surface area contributed by atoms with Crippen molar-refractivity contribution in [1.29, 1.82) is 0 Å². The maximum Gasteiger partial charge on any atom is 0.0134 e. The van der Waals surface area contributed by atoms with Crippen LogP contribution >= 0.6 is 0 Å². The van der Waals surface area contributed by atoms with E-state index in [1.54, 1.807) is 11.1 Å². The minimum absolute atomic E-state index is 0. The van der Waals surface area contributed by atoms with Gasteiger partial charge in [-0.25, -0.2) is 0 Å². The van der Waals surface area contributed by atoms with Gasteiger partial charge in [-0.2, -0.15) is 0 Å². The van der Waals surface area contributed by atoms with Gasteiger partial charge in [0.25, 0.3) is 0 Å². The molecular weight excluding hydrogens is 347 g/mol. The summed E-state index contributed by atoms with van der Waals surface area (Å²) >= 11 is 0. The fraction of sp³-hybridized carbons (Fsp3) is 0.357. The molecule has 0 bridgehead atoms. The molecule has 1 radical (unpaired) electrons. The monoisotopic (exact) mass is 363 g/mol. The summed E-state index contributed by atoms with van der Waals surface area (Å²) in [4.78, 5) is 0. The van der Waals surface area contributed by atoms with Crippen LogP contribution in [-0.2, 0) is 38.7 Å². The first-order valence-electron chi connectivity index (χ1n) is 5.45. The molecule has 3 rings (SSSR count). The van der Waals surface area contributed by atoms with E-state index in [2.05, 4.69) is 32.4 Å². The van der Waals surface area contributed by atoms with E-state index in [4.69, 9.17) is 0 Å². The van der Waals surface area contributed by atoms with Crippen LogP contribution in [0.5, 0.6) is 0 Å². The van der Waals surface area contributed by atoms with Crippen LogP contribution in [0.4, 0.5) is 0 Å². The van der Waals surface area contributed by atoms with E-state index < -0.39 is 0 Å². The Labute approximate surface area is 111 Å². The maximum atomic E-state index is 2.28. The minimum atomic E-state index is 0. The second-order valence-electron chi connectivity index (χ2n) is 4.41. The number of rotatable bonds is 0. The van der Waals surface area contributed by atoms with Crippen LogP contribution in [0.15, 0.2) is 6.08 Å². The van der Waals surface area contributed by atoms with Gasteiger partial charge < -0.3 is 0 Å². The fourth-order valence-corrected chi connectivity index (χ4v) is 2.97. The summed E-state index contributed by atoms with van der Waals surface area (Å²) in [7, 11) is 0. The standard InChI is InChI=1S/C14H15.Hf/c1-9-11-5-3-7-13(11)10(2)14-8-4-6-12(9)14;/h3,5,7H,4,6,8H2,1-2H3;. The molecular formula is C14H15Hf. The molecule has 0 spiro atoms. The van der Waals surface area contributed by atoms with Crippen molar-refractivity contribution in [2.24, 2.45) is 0 Å². The van der Waals surface area contributed by atoms with E-state index in [0.29, 0.717) is 0 Å². The fourth-order valence-electron chi connectivity index (χ4n) is 2.97. The van der Waals surface area contributed by atoms with Gasteiger partial charge in [0.2, 0.25) is 0 Å². The third-order valence-corrected chi connectivity index (χ3v) is 3.75. The molecule has 0 amide bonds. The largest absolute Gasteiger partial charge is 0.0754 e. The van der Waals surface area contributed by atoms with Crippen molar-refractivity contribution in [1.82, 2.24) is 0 Å². The predicted molar refractivity (Wildman–Crippen MR) is 60.4 cm³/mol. The van der Waals surface area contributed by atoms with Gasteiger partial charge in [0.15, 0.2) is 0 Å². The zero-order chi connectivity index (χ0) is 9.71. The van der Waals surface area contributed by atoms with E-state index in [0.717, 1.165) is 0 Å². The molecule has 1 aromatic rings. The van der Waals surface area contributed by atoms with Gasteiger partial charge in [0.1, 0.15) is 0 Å². The zero-order valence-electron chi connectivity index (χ0n) is 9.35. The number of fused-ring (bicyclic) bond motifs is 2. The molecule has 1 aromatic carbocycles. The molecule has 15 heavy (non-hydrogen) atoms. The van der Waals surface area contributed by atoms with Crippen molar-refractivity contribution < 1.29 is 25.8 Å². The van der Waals surface area contributed by atoms with E-state index in [1.807, 2.05) is 0 Å². The van der Waals surface area contributed by atoms with Crippen LogP contribution < -0.4 is 0 Å². The second-order valence-corrected chi connectivity index (χ2v) is 4.41. The number of hydrogen-bond donors (Lipinski definition) is 0. The van der Waals surface area contributed by atoms with Crippen LogP contribution in [-0.4, -0.2) is 0 Å². The molecule has 0 fully saturated rings. The summed E-state index contributed by atoms with van der Waals surface area (Å²) in [5.74, 6) is 0.